The van der Waals surface area contributed by atoms with E-state index in [4.69, 9.17) is 0 Å². The molecular weight excluding hydrogens is 276 g/mol. The van der Waals surface area contributed by atoms with Gasteiger partial charge in [0.15, 0.2) is 0 Å². The molecule has 2 rings (SSSR count). The lowest BCUT2D eigenvalue weighted by Gasteiger charge is -2.40. The van der Waals surface area contributed by atoms with Gasteiger partial charge in [0.1, 0.15) is 0 Å². The summed E-state index contributed by atoms with van der Waals surface area (Å²) in [4.78, 5) is 0. The second-order valence-electron chi connectivity index (χ2n) is 6.62. The van der Waals surface area contributed by atoms with E-state index in [1.807, 2.05) is 7.05 Å². The number of hydrogen-bond acceptors (Lipinski definition) is 4. The Morgan fingerprint density at radius 1 is 1.30 bits per heavy atom. The van der Waals surface area contributed by atoms with Crippen molar-refractivity contribution in [3.63, 3.8) is 0 Å². The monoisotopic (exact) mass is 304 g/mol. The molecule has 5 nitrogen and oxygen atoms in total. The Morgan fingerprint density at radius 2 is 1.95 bits per heavy atom. The van der Waals surface area contributed by atoms with Crippen LogP contribution in [0.15, 0.2) is 0 Å². The molecule has 1 unspecified atom stereocenters. The standard InChI is InChI=1S/C14H28N2O3S/c1-15-13-5-7-14(17,8-6-13)10-12-4-3-9-16(11-12)20(2,18)19/h12-13,15,17H,3-11H2,1-2H3. The molecule has 1 saturated heterocycles. The highest BCUT2D eigenvalue weighted by Gasteiger charge is 2.37. The van der Waals surface area contributed by atoms with Crippen molar-refractivity contribution in [2.24, 2.45) is 5.92 Å². The predicted molar refractivity (Wildman–Crippen MR) is 80.0 cm³/mol. The van der Waals surface area contributed by atoms with E-state index in [9.17, 15) is 13.5 Å². The van der Waals surface area contributed by atoms with Crippen LogP contribution in [-0.4, -0.2) is 55.9 Å². The number of aliphatic hydroxyl groups is 1. The van der Waals surface area contributed by atoms with Gasteiger partial charge in [-0.25, -0.2) is 12.7 Å². The van der Waals surface area contributed by atoms with Crippen molar-refractivity contribution >= 4 is 10.0 Å². The van der Waals surface area contributed by atoms with E-state index in [0.29, 0.717) is 25.0 Å². The predicted octanol–water partition coefficient (Wildman–Crippen LogP) is 0.941. The van der Waals surface area contributed by atoms with Crippen molar-refractivity contribution in [1.82, 2.24) is 9.62 Å². The summed E-state index contributed by atoms with van der Waals surface area (Å²) in [6.45, 7) is 1.21. The van der Waals surface area contributed by atoms with Gasteiger partial charge in [-0.2, -0.15) is 0 Å². The Bertz CT molecular complexity index is 416. The van der Waals surface area contributed by atoms with E-state index in [1.165, 1.54) is 6.26 Å². The van der Waals surface area contributed by atoms with Crippen molar-refractivity contribution in [2.45, 2.75) is 56.6 Å². The van der Waals surface area contributed by atoms with Crippen LogP contribution in [0.4, 0.5) is 0 Å². The van der Waals surface area contributed by atoms with Gasteiger partial charge in [0.25, 0.3) is 0 Å². The van der Waals surface area contributed by atoms with Crippen LogP contribution in [0, 0.1) is 5.92 Å². The first-order valence-corrected chi connectivity index (χ1v) is 9.52. The van der Waals surface area contributed by atoms with E-state index in [-0.39, 0.29) is 0 Å². The lowest BCUT2D eigenvalue weighted by molar-refractivity contribution is -0.0288. The number of piperidine rings is 1. The molecule has 2 aliphatic rings. The topological polar surface area (TPSA) is 69.6 Å². The second kappa shape index (κ2) is 6.30. The maximum Gasteiger partial charge on any atom is 0.211 e. The fourth-order valence-electron chi connectivity index (χ4n) is 3.68. The summed E-state index contributed by atoms with van der Waals surface area (Å²) in [5, 5.41) is 14.0. The average molecular weight is 304 g/mol. The van der Waals surface area contributed by atoms with Crippen molar-refractivity contribution in [3.05, 3.63) is 0 Å². The zero-order chi connectivity index (χ0) is 14.8. The van der Waals surface area contributed by atoms with Crippen LogP contribution < -0.4 is 5.32 Å². The fraction of sp³-hybridized carbons (Fsp3) is 1.00. The Morgan fingerprint density at radius 3 is 2.50 bits per heavy atom. The summed E-state index contributed by atoms with van der Waals surface area (Å²) in [6, 6.07) is 0.522. The highest BCUT2D eigenvalue weighted by Crippen LogP contribution is 2.36. The molecule has 6 heteroatoms. The van der Waals surface area contributed by atoms with E-state index in [1.54, 1.807) is 4.31 Å². The average Bonchev–Trinajstić information content (AvgIpc) is 2.38. The van der Waals surface area contributed by atoms with Crippen molar-refractivity contribution < 1.29 is 13.5 Å². The van der Waals surface area contributed by atoms with Crippen LogP contribution in [0.3, 0.4) is 0 Å². The van der Waals surface area contributed by atoms with Gasteiger partial charge in [0.2, 0.25) is 10.0 Å². The number of nitrogens with one attached hydrogen (secondary N) is 1. The maximum absolute atomic E-state index is 11.6. The first kappa shape index (κ1) is 16.2. The minimum atomic E-state index is -3.09. The zero-order valence-corrected chi connectivity index (χ0v) is 13.5. The Balaban J connectivity index is 1.89. The quantitative estimate of drug-likeness (QED) is 0.811. The highest BCUT2D eigenvalue weighted by atomic mass is 32.2. The van der Waals surface area contributed by atoms with E-state index < -0.39 is 15.6 Å². The van der Waals surface area contributed by atoms with Crippen LogP contribution in [0.25, 0.3) is 0 Å². The normalized spacial score (nSPS) is 37.0. The summed E-state index contributed by atoms with van der Waals surface area (Å²) >= 11 is 0. The molecule has 118 valence electrons. The molecule has 1 aliphatic carbocycles. The molecule has 1 heterocycles. The molecule has 0 amide bonds. The maximum atomic E-state index is 11.6. The molecule has 1 aliphatic heterocycles. The van der Waals surface area contributed by atoms with Gasteiger partial charge in [-0.05, 0) is 57.9 Å². The molecule has 0 aromatic rings. The van der Waals surface area contributed by atoms with E-state index in [2.05, 4.69) is 5.32 Å². The molecular formula is C14H28N2O3S. The molecule has 0 aromatic heterocycles. The van der Waals surface area contributed by atoms with Gasteiger partial charge >= 0.3 is 0 Å². The smallest absolute Gasteiger partial charge is 0.211 e. The summed E-state index contributed by atoms with van der Waals surface area (Å²) in [6.07, 6.45) is 7.64. The molecule has 2 fully saturated rings. The fourth-order valence-corrected chi connectivity index (χ4v) is 4.62. The molecule has 2 N–H and O–H groups in total. The summed E-state index contributed by atoms with van der Waals surface area (Å²) in [7, 11) is -1.12. The lowest BCUT2D eigenvalue weighted by Crippen LogP contribution is -2.45. The third-order valence-electron chi connectivity index (χ3n) is 4.94. The molecule has 0 spiro atoms. The van der Waals surface area contributed by atoms with Crippen LogP contribution in [0.1, 0.15) is 44.9 Å². The summed E-state index contributed by atoms with van der Waals surface area (Å²) in [5.74, 6) is 0.301. The number of sulfonamides is 1. The van der Waals surface area contributed by atoms with Gasteiger partial charge in [0.05, 0.1) is 11.9 Å². The van der Waals surface area contributed by atoms with Crippen LogP contribution in [0.2, 0.25) is 0 Å². The third kappa shape index (κ3) is 4.16. The summed E-state index contributed by atoms with van der Waals surface area (Å²) < 4.78 is 24.9. The Labute approximate surface area is 122 Å². The van der Waals surface area contributed by atoms with Crippen molar-refractivity contribution in [1.29, 1.82) is 0 Å². The minimum absolute atomic E-state index is 0.301. The van der Waals surface area contributed by atoms with E-state index in [0.717, 1.165) is 44.9 Å². The van der Waals surface area contributed by atoms with Gasteiger partial charge in [-0.1, -0.05) is 0 Å². The van der Waals surface area contributed by atoms with Gasteiger partial charge < -0.3 is 10.4 Å². The van der Waals surface area contributed by atoms with Crippen molar-refractivity contribution in [2.75, 3.05) is 26.4 Å². The number of nitrogens with zero attached hydrogens (tertiary/aromatic N) is 1. The van der Waals surface area contributed by atoms with Crippen LogP contribution in [-0.2, 0) is 10.0 Å². The third-order valence-corrected chi connectivity index (χ3v) is 6.21. The first-order chi connectivity index (χ1) is 9.32. The zero-order valence-electron chi connectivity index (χ0n) is 12.6. The first-order valence-electron chi connectivity index (χ1n) is 7.67. The lowest BCUT2D eigenvalue weighted by atomic mass is 9.75. The summed E-state index contributed by atoms with van der Waals surface area (Å²) in [5.41, 5.74) is -0.585. The van der Waals surface area contributed by atoms with Crippen LogP contribution in [0.5, 0.6) is 0 Å². The molecule has 20 heavy (non-hydrogen) atoms. The second-order valence-corrected chi connectivity index (χ2v) is 8.60. The molecule has 0 aromatic carbocycles. The van der Waals surface area contributed by atoms with Gasteiger partial charge in [0, 0.05) is 19.1 Å². The molecule has 1 saturated carbocycles. The molecule has 0 bridgehead atoms. The Kier molecular flexibility index (Phi) is 5.10. The van der Waals surface area contributed by atoms with Crippen molar-refractivity contribution in [3.8, 4) is 0 Å². The highest BCUT2D eigenvalue weighted by molar-refractivity contribution is 7.88. The van der Waals surface area contributed by atoms with Crippen LogP contribution >= 0.6 is 0 Å². The number of rotatable bonds is 4. The Hall–Kier alpha value is -0.170. The molecule has 1 atom stereocenters. The minimum Gasteiger partial charge on any atom is -0.390 e. The number of hydrogen-bond donors (Lipinski definition) is 2. The van der Waals surface area contributed by atoms with E-state index >= 15 is 0 Å². The van der Waals surface area contributed by atoms with Gasteiger partial charge in [-0.15, -0.1) is 0 Å². The molecule has 0 radical (unpaired) electrons. The SMILES string of the molecule is CNC1CCC(O)(CC2CCCN(S(C)(=O)=O)C2)CC1. The largest absolute Gasteiger partial charge is 0.390 e. The van der Waals surface area contributed by atoms with Gasteiger partial charge in [-0.3, -0.25) is 0 Å².